The zero-order valence-corrected chi connectivity index (χ0v) is 32.2. The molecule has 0 spiro atoms. The van der Waals surface area contributed by atoms with Gasteiger partial charge in [0.05, 0.1) is 124 Å². The molecule has 2 N–H and O–H groups in total. The number of rotatable bonds is 37. The van der Waals surface area contributed by atoms with E-state index in [-0.39, 0.29) is 18.5 Å². The van der Waals surface area contributed by atoms with E-state index in [0.717, 1.165) is 30.8 Å². The van der Waals surface area contributed by atoms with Crippen molar-refractivity contribution in [3.8, 4) is 5.75 Å². The van der Waals surface area contributed by atoms with Gasteiger partial charge in [-0.15, -0.1) is 0 Å². The minimum Gasteiger partial charge on any atom is -0.491 e. The van der Waals surface area contributed by atoms with Crippen molar-refractivity contribution < 1.29 is 61.7 Å². The van der Waals surface area contributed by atoms with E-state index in [1.165, 1.54) is 6.92 Å². The Hall–Kier alpha value is -3.38. The summed E-state index contributed by atoms with van der Waals surface area (Å²) < 4.78 is 60.2. The summed E-state index contributed by atoms with van der Waals surface area (Å²) in [4.78, 5) is 23.2. The number of carbonyl (C=O) groups excluding carboxylic acids is 2. The first-order chi connectivity index (χ1) is 26.6. The van der Waals surface area contributed by atoms with Gasteiger partial charge < -0.3 is 62.7 Å². The van der Waals surface area contributed by atoms with Crippen molar-refractivity contribution in [3.63, 3.8) is 0 Å². The van der Waals surface area contributed by atoms with Crippen molar-refractivity contribution in [2.24, 2.45) is 0 Å². The van der Waals surface area contributed by atoms with Crippen molar-refractivity contribution in [3.05, 3.63) is 54.1 Å². The van der Waals surface area contributed by atoms with Gasteiger partial charge in [0.25, 0.3) is 0 Å². The minimum absolute atomic E-state index is 0.111. The maximum atomic E-state index is 12.1. The molecule has 2 aromatic carbocycles. The molecule has 0 radical (unpaired) electrons. The first-order valence-electron chi connectivity index (χ1n) is 18.8. The van der Waals surface area contributed by atoms with E-state index in [4.69, 9.17) is 52.1 Å². The first kappa shape index (κ1) is 46.8. The standard InChI is InChI=1S/C39H62N2O13/c1-3-4-13-40-36-7-5-35(6-8-36)39(43)54-33-31-52-29-27-50-25-23-48-21-19-46-17-15-44-14-16-45-18-20-47-22-24-49-26-28-51-30-32-53-38-11-9-37(10-12-38)41-34(2)42/h5-12,40H,3-4,13-33H2,1-2H3,(H,41,42). The lowest BCUT2D eigenvalue weighted by Crippen LogP contribution is -2.15. The highest BCUT2D eigenvalue weighted by Gasteiger charge is 2.07. The van der Waals surface area contributed by atoms with Crippen molar-refractivity contribution in [1.82, 2.24) is 0 Å². The number of unbranched alkanes of at least 4 members (excludes halogenated alkanes) is 1. The summed E-state index contributed by atoms with van der Waals surface area (Å²) in [6.07, 6.45) is 2.24. The molecule has 0 aliphatic heterocycles. The minimum atomic E-state index is -0.365. The lowest BCUT2D eigenvalue weighted by atomic mass is 10.2. The van der Waals surface area contributed by atoms with Crippen molar-refractivity contribution in [2.75, 3.05) is 149 Å². The molecule has 0 heterocycles. The fourth-order valence-electron chi connectivity index (χ4n) is 4.33. The Morgan fingerprint density at radius 1 is 0.481 bits per heavy atom. The van der Waals surface area contributed by atoms with E-state index in [1.807, 2.05) is 12.1 Å². The quantitative estimate of drug-likeness (QED) is 0.0743. The van der Waals surface area contributed by atoms with E-state index in [0.29, 0.717) is 137 Å². The van der Waals surface area contributed by atoms with Crippen LogP contribution in [0.25, 0.3) is 0 Å². The van der Waals surface area contributed by atoms with Gasteiger partial charge in [0.1, 0.15) is 19.0 Å². The third kappa shape index (κ3) is 27.2. The summed E-state index contributed by atoms with van der Waals surface area (Å²) in [6, 6.07) is 14.4. The number of carbonyl (C=O) groups is 2. The topological polar surface area (TPSA) is 160 Å². The smallest absolute Gasteiger partial charge is 0.338 e. The lowest BCUT2D eigenvalue weighted by Gasteiger charge is -2.09. The van der Waals surface area contributed by atoms with Gasteiger partial charge in [0.15, 0.2) is 0 Å². The molecule has 2 rings (SSSR count). The van der Waals surface area contributed by atoms with Gasteiger partial charge in [0, 0.05) is 24.8 Å². The predicted octanol–water partition coefficient (Wildman–Crippen LogP) is 4.24. The molecule has 0 fully saturated rings. The molecular weight excluding hydrogens is 704 g/mol. The number of hydrogen-bond acceptors (Lipinski definition) is 14. The SMILES string of the molecule is CCCCNc1ccc(C(=O)OCCOCCOCCOCCOCCOCCOCCOCCOCCOCCOc2ccc(NC(C)=O)cc2)cc1. The van der Waals surface area contributed by atoms with Crippen LogP contribution in [-0.2, 0) is 52.2 Å². The van der Waals surface area contributed by atoms with Crippen molar-refractivity contribution in [2.45, 2.75) is 26.7 Å². The molecule has 1 amide bonds. The number of nitrogens with one attached hydrogen (secondary N) is 2. The second-order valence-electron chi connectivity index (χ2n) is 11.6. The molecule has 0 saturated carbocycles. The van der Waals surface area contributed by atoms with Crippen molar-refractivity contribution >= 4 is 23.3 Å². The van der Waals surface area contributed by atoms with Crippen LogP contribution in [0, 0.1) is 0 Å². The summed E-state index contributed by atoms with van der Waals surface area (Å²) in [6.45, 7) is 13.4. The van der Waals surface area contributed by atoms with Gasteiger partial charge in [-0.1, -0.05) is 13.3 Å². The zero-order valence-electron chi connectivity index (χ0n) is 32.2. The van der Waals surface area contributed by atoms with Crippen LogP contribution in [-0.4, -0.2) is 151 Å². The lowest BCUT2D eigenvalue weighted by molar-refractivity contribution is -0.114. The number of hydrogen-bond donors (Lipinski definition) is 2. The van der Waals surface area contributed by atoms with Crippen LogP contribution in [0.2, 0.25) is 0 Å². The van der Waals surface area contributed by atoms with Gasteiger partial charge in [-0.2, -0.15) is 0 Å². The van der Waals surface area contributed by atoms with Crippen LogP contribution in [0.15, 0.2) is 48.5 Å². The van der Waals surface area contributed by atoms with Gasteiger partial charge >= 0.3 is 5.97 Å². The summed E-state index contributed by atoms with van der Waals surface area (Å²) in [5, 5.41) is 6.03. The number of esters is 1. The number of ether oxygens (including phenoxy) is 11. The Morgan fingerprint density at radius 3 is 1.24 bits per heavy atom. The molecule has 2 aromatic rings. The van der Waals surface area contributed by atoms with Crippen LogP contribution in [0.5, 0.6) is 5.75 Å². The van der Waals surface area contributed by atoms with E-state index >= 15 is 0 Å². The Bertz CT molecular complexity index is 1170. The molecule has 0 aromatic heterocycles. The van der Waals surface area contributed by atoms with Crippen LogP contribution in [0.4, 0.5) is 11.4 Å². The largest absolute Gasteiger partial charge is 0.491 e. The van der Waals surface area contributed by atoms with E-state index in [9.17, 15) is 9.59 Å². The first-order valence-corrected chi connectivity index (χ1v) is 18.8. The average Bonchev–Trinajstić information content (AvgIpc) is 3.17. The van der Waals surface area contributed by atoms with E-state index in [1.54, 1.807) is 36.4 Å². The molecule has 0 bridgehead atoms. The molecule has 0 unspecified atom stereocenters. The fraction of sp³-hybridized carbons (Fsp3) is 0.641. The van der Waals surface area contributed by atoms with Gasteiger partial charge in [-0.3, -0.25) is 4.79 Å². The molecule has 0 aliphatic rings. The highest BCUT2D eigenvalue weighted by Crippen LogP contribution is 2.15. The molecular formula is C39H62N2O13. The molecule has 54 heavy (non-hydrogen) atoms. The highest BCUT2D eigenvalue weighted by atomic mass is 16.6. The monoisotopic (exact) mass is 766 g/mol. The maximum absolute atomic E-state index is 12.1. The molecule has 0 saturated heterocycles. The fourth-order valence-corrected chi connectivity index (χ4v) is 4.33. The molecule has 15 nitrogen and oxygen atoms in total. The van der Waals surface area contributed by atoms with Crippen LogP contribution in [0.3, 0.4) is 0 Å². The second-order valence-corrected chi connectivity index (χ2v) is 11.6. The molecule has 0 atom stereocenters. The van der Waals surface area contributed by atoms with Gasteiger partial charge in [0.2, 0.25) is 5.91 Å². The predicted molar refractivity (Wildman–Crippen MR) is 204 cm³/mol. The Balaban J connectivity index is 1.19. The third-order valence-corrected chi connectivity index (χ3v) is 7.09. The average molecular weight is 767 g/mol. The maximum Gasteiger partial charge on any atom is 0.338 e. The van der Waals surface area contributed by atoms with E-state index < -0.39 is 0 Å². The summed E-state index contributed by atoms with van der Waals surface area (Å²) in [5.41, 5.74) is 2.24. The number of amides is 1. The third-order valence-electron chi connectivity index (χ3n) is 7.09. The van der Waals surface area contributed by atoms with Crippen LogP contribution in [0.1, 0.15) is 37.0 Å². The van der Waals surface area contributed by atoms with Crippen LogP contribution < -0.4 is 15.4 Å². The second kappa shape index (κ2) is 34.1. The number of anilines is 2. The normalized spacial score (nSPS) is 11.1. The Kier molecular flexibility index (Phi) is 29.6. The highest BCUT2D eigenvalue weighted by molar-refractivity contribution is 5.90. The van der Waals surface area contributed by atoms with E-state index in [2.05, 4.69) is 17.6 Å². The summed E-state index contributed by atoms with van der Waals surface area (Å²) in [5.74, 6) is 0.236. The summed E-state index contributed by atoms with van der Waals surface area (Å²) >= 11 is 0. The zero-order chi connectivity index (χ0) is 38.6. The van der Waals surface area contributed by atoms with Gasteiger partial charge in [-0.25, -0.2) is 4.79 Å². The Morgan fingerprint density at radius 2 is 0.852 bits per heavy atom. The molecule has 15 heteroatoms. The molecule has 0 aliphatic carbocycles. The summed E-state index contributed by atoms with van der Waals surface area (Å²) in [7, 11) is 0. The molecule has 306 valence electrons. The number of benzene rings is 2. The Labute approximate surface area is 320 Å². The van der Waals surface area contributed by atoms with Gasteiger partial charge in [-0.05, 0) is 55.0 Å². The van der Waals surface area contributed by atoms with Crippen LogP contribution >= 0.6 is 0 Å². The van der Waals surface area contributed by atoms with Crippen molar-refractivity contribution in [1.29, 1.82) is 0 Å².